The Hall–Kier alpha value is -3.13. The van der Waals surface area contributed by atoms with Crippen molar-refractivity contribution in [1.29, 1.82) is 0 Å². The first-order chi connectivity index (χ1) is 13.8. The fourth-order valence-corrected chi connectivity index (χ4v) is 3.72. The first-order valence-electron chi connectivity index (χ1n) is 9.26. The van der Waals surface area contributed by atoms with E-state index in [1.165, 1.54) is 14.2 Å². The minimum absolute atomic E-state index is 0.143. The van der Waals surface area contributed by atoms with Gasteiger partial charge in [-0.3, -0.25) is 9.48 Å². The fraction of sp³-hybridized carbons (Fsp3) is 0.381. The molecule has 0 aliphatic carbocycles. The number of nitrogens with zero attached hydrogens (tertiary/aromatic N) is 2. The number of hydrogen-bond donors (Lipinski definition) is 2. The lowest BCUT2D eigenvalue weighted by Gasteiger charge is -2.10. The summed E-state index contributed by atoms with van der Waals surface area (Å²) in [6, 6.07) is 3.88. The number of carbonyl (C=O) groups is 2. The third-order valence-electron chi connectivity index (χ3n) is 5.29. The second-order valence-electron chi connectivity index (χ2n) is 6.92. The van der Waals surface area contributed by atoms with Crippen LogP contribution in [0.3, 0.4) is 0 Å². The van der Waals surface area contributed by atoms with Crippen LogP contribution in [0.25, 0.3) is 22.0 Å². The summed E-state index contributed by atoms with van der Waals surface area (Å²) in [5, 5.41) is 15.1. The van der Waals surface area contributed by atoms with E-state index in [1.807, 2.05) is 33.0 Å². The molecule has 154 valence electrons. The number of benzene rings is 1. The Kier molecular flexibility index (Phi) is 5.74. The average Bonchev–Trinajstić information content (AvgIpc) is 3.23. The van der Waals surface area contributed by atoms with Gasteiger partial charge < -0.3 is 19.6 Å². The molecule has 0 aliphatic rings. The monoisotopic (exact) mass is 399 g/mol. The molecule has 1 aromatic carbocycles. The number of aromatic nitrogens is 3. The van der Waals surface area contributed by atoms with Crippen LogP contribution < -0.4 is 0 Å². The van der Waals surface area contributed by atoms with E-state index in [1.54, 1.807) is 4.68 Å². The van der Waals surface area contributed by atoms with Crippen molar-refractivity contribution >= 4 is 22.8 Å². The molecule has 8 nitrogen and oxygen atoms in total. The zero-order valence-corrected chi connectivity index (χ0v) is 17.3. The van der Waals surface area contributed by atoms with Crippen LogP contribution in [0.2, 0.25) is 0 Å². The highest BCUT2D eigenvalue weighted by molar-refractivity contribution is 6.05. The number of aliphatic hydroxyl groups is 1. The molecule has 0 bridgehead atoms. The molecule has 8 heteroatoms. The maximum Gasteiger partial charge on any atom is 0.354 e. The Balaban J connectivity index is 2.31. The number of hydrogen-bond acceptors (Lipinski definition) is 6. The molecule has 29 heavy (non-hydrogen) atoms. The Morgan fingerprint density at radius 2 is 1.90 bits per heavy atom. The summed E-state index contributed by atoms with van der Waals surface area (Å²) in [5.41, 5.74) is 5.88. The molecule has 0 fully saturated rings. The fourth-order valence-electron chi connectivity index (χ4n) is 3.72. The predicted molar refractivity (Wildman–Crippen MR) is 108 cm³/mol. The molecular formula is C21H25N3O5. The summed E-state index contributed by atoms with van der Waals surface area (Å²) in [6.07, 6.45) is 0.475. The van der Waals surface area contributed by atoms with Gasteiger partial charge in [0.25, 0.3) is 0 Å². The lowest BCUT2D eigenvalue weighted by atomic mass is 9.94. The summed E-state index contributed by atoms with van der Waals surface area (Å²) in [4.78, 5) is 27.3. The molecule has 0 unspecified atom stereocenters. The first-order valence-corrected chi connectivity index (χ1v) is 9.26. The van der Waals surface area contributed by atoms with Gasteiger partial charge >= 0.3 is 11.9 Å². The number of rotatable bonds is 6. The van der Waals surface area contributed by atoms with Crippen LogP contribution in [0.4, 0.5) is 0 Å². The van der Waals surface area contributed by atoms with E-state index in [0.29, 0.717) is 23.4 Å². The zero-order chi connectivity index (χ0) is 21.3. The van der Waals surface area contributed by atoms with Crippen molar-refractivity contribution in [2.75, 3.05) is 14.2 Å². The minimum atomic E-state index is -0.505. The molecule has 2 aromatic heterocycles. The van der Waals surface area contributed by atoms with E-state index in [-0.39, 0.29) is 19.0 Å². The van der Waals surface area contributed by atoms with Gasteiger partial charge in [0.2, 0.25) is 0 Å². The molecule has 3 aromatic rings. The lowest BCUT2D eigenvalue weighted by Crippen LogP contribution is -2.07. The van der Waals surface area contributed by atoms with Gasteiger partial charge in [-0.2, -0.15) is 5.10 Å². The molecule has 0 atom stereocenters. The number of aromatic amines is 1. The molecule has 0 spiro atoms. The number of H-pyrrole nitrogens is 1. The largest absolute Gasteiger partial charge is 0.469 e. The van der Waals surface area contributed by atoms with E-state index in [2.05, 4.69) is 10.1 Å². The van der Waals surface area contributed by atoms with Gasteiger partial charge in [-0.25, -0.2) is 4.79 Å². The van der Waals surface area contributed by atoms with Gasteiger partial charge in [0.05, 0.1) is 32.0 Å². The van der Waals surface area contributed by atoms with Crippen LogP contribution >= 0.6 is 0 Å². The molecule has 2 N–H and O–H groups in total. The van der Waals surface area contributed by atoms with Crippen molar-refractivity contribution in [3.63, 3.8) is 0 Å². The number of aliphatic hydroxyl groups excluding tert-OH is 1. The van der Waals surface area contributed by atoms with Crippen LogP contribution in [0, 0.1) is 13.8 Å². The lowest BCUT2D eigenvalue weighted by molar-refractivity contribution is -0.140. The van der Waals surface area contributed by atoms with Crippen LogP contribution in [-0.2, 0) is 34.3 Å². The number of methoxy groups -OCH3 is 2. The highest BCUT2D eigenvalue weighted by Gasteiger charge is 2.24. The van der Waals surface area contributed by atoms with E-state index < -0.39 is 5.97 Å². The predicted octanol–water partition coefficient (Wildman–Crippen LogP) is 2.57. The van der Waals surface area contributed by atoms with E-state index >= 15 is 0 Å². The second-order valence-corrected chi connectivity index (χ2v) is 6.92. The van der Waals surface area contributed by atoms with Crippen LogP contribution in [-0.4, -0.2) is 46.0 Å². The third-order valence-corrected chi connectivity index (χ3v) is 5.29. The average molecular weight is 399 g/mol. The highest BCUT2D eigenvalue weighted by atomic mass is 16.5. The number of carbonyl (C=O) groups excluding carboxylic acids is 2. The standard InChI is InChI=1S/C21H25N3O5/c1-11-6-7-13-14(8-9-16(26)28-4)20(21(27)29-5)22-19(13)17(11)18-12(2)24(3)23-15(18)10-25/h6-7,22,25H,8-10H2,1-5H3. The SMILES string of the molecule is COC(=O)CCc1c(C(=O)OC)[nH]c2c(-c3c(CO)nn(C)c3C)c(C)ccc12. The van der Waals surface area contributed by atoms with Crippen molar-refractivity contribution in [2.45, 2.75) is 33.3 Å². The van der Waals surface area contributed by atoms with Gasteiger partial charge in [0, 0.05) is 35.7 Å². The summed E-state index contributed by atoms with van der Waals surface area (Å²) in [6.45, 7) is 3.70. The molecule has 0 saturated heterocycles. The molecular weight excluding hydrogens is 374 g/mol. The maximum absolute atomic E-state index is 12.4. The minimum Gasteiger partial charge on any atom is -0.469 e. The van der Waals surface area contributed by atoms with Gasteiger partial charge in [-0.05, 0) is 31.4 Å². The number of fused-ring (bicyclic) bond motifs is 1. The summed E-state index contributed by atoms with van der Waals surface area (Å²) in [5.74, 6) is -0.858. The van der Waals surface area contributed by atoms with Crippen LogP contribution in [0.15, 0.2) is 12.1 Å². The number of esters is 2. The molecule has 0 aliphatic heterocycles. The Labute approximate surface area is 168 Å². The van der Waals surface area contributed by atoms with Gasteiger partial charge in [-0.1, -0.05) is 12.1 Å². The molecule has 2 heterocycles. The molecule has 3 rings (SSSR count). The summed E-state index contributed by atoms with van der Waals surface area (Å²) >= 11 is 0. The summed E-state index contributed by atoms with van der Waals surface area (Å²) in [7, 11) is 4.48. The normalized spacial score (nSPS) is 11.1. The van der Waals surface area contributed by atoms with Crippen molar-refractivity contribution in [2.24, 2.45) is 7.05 Å². The molecule has 0 amide bonds. The number of nitrogens with one attached hydrogen (secondary N) is 1. The zero-order valence-electron chi connectivity index (χ0n) is 17.3. The Morgan fingerprint density at radius 1 is 1.17 bits per heavy atom. The highest BCUT2D eigenvalue weighted by Crippen LogP contribution is 2.38. The van der Waals surface area contributed by atoms with Crippen LogP contribution in [0.5, 0.6) is 0 Å². The van der Waals surface area contributed by atoms with Crippen molar-refractivity contribution in [3.8, 4) is 11.1 Å². The van der Waals surface area contributed by atoms with E-state index in [9.17, 15) is 14.7 Å². The Morgan fingerprint density at radius 3 is 2.52 bits per heavy atom. The van der Waals surface area contributed by atoms with Crippen molar-refractivity contribution in [1.82, 2.24) is 14.8 Å². The Bertz CT molecular complexity index is 1090. The van der Waals surface area contributed by atoms with E-state index in [4.69, 9.17) is 9.47 Å². The smallest absolute Gasteiger partial charge is 0.354 e. The van der Waals surface area contributed by atoms with Gasteiger partial charge in [-0.15, -0.1) is 0 Å². The molecule has 0 radical (unpaired) electrons. The van der Waals surface area contributed by atoms with Gasteiger partial charge in [0.1, 0.15) is 5.69 Å². The van der Waals surface area contributed by atoms with Crippen molar-refractivity contribution < 1.29 is 24.2 Å². The third kappa shape index (κ3) is 3.51. The molecule has 0 saturated carbocycles. The first kappa shape index (κ1) is 20.6. The second kappa shape index (κ2) is 8.08. The topological polar surface area (TPSA) is 106 Å². The summed E-state index contributed by atoms with van der Waals surface area (Å²) < 4.78 is 11.4. The quantitative estimate of drug-likeness (QED) is 0.617. The maximum atomic E-state index is 12.4. The number of ether oxygens (including phenoxy) is 2. The van der Waals surface area contributed by atoms with E-state index in [0.717, 1.165) is 33.3 Å². The number of aryl methyl sites for hydroxylation is 3. The van der Waals surface area contributed by atoms with Gasteiger partial charge in [0.15, 0.2) is 0 Å². The van der Waals surface area contributed by atoms with Crippen molar-refractivity contribution in [3.05, 3.63) is 40.3 Å². The van der Waals surface area contributed by atoms with Crippen LogP contribution in [0.1, 0.15) is 39.4 Å².